The molecule has 2 unspecified atom stereocenters. The van der Waals surface area contributed by atoms with Crippen molar-refractivity contribution in [1.82, 2.24) is 10.6 Å². The van der Waals surface area contributed by atoms with E-state index >= 15 is 0 Å². The molecular formula is C11H23N3O2. The van der Waals surface area contributed by atoms with E-state index in [-0.39, 0.29) is 17.9 Å². The zero-order valence-corrected chi connectivity index (χ0v) is 10.5. The van der Waals surface area contributed by atoms with Crippen molar-refractivity contribution in [3.63, 3.8) is 0 Å². The first kappa shape index (κ1) is 14.9. The van der Waals surface area contributed by atoms with E-state index in [4.69, 9.17) is 5.73 Å². The van der Waals surface area contributed by atoms with Crippen LogP contribution in [-0.4, -0.2) is 30.4 Å². The van der Waals surface area contributed by atoms with E-state index in [0.717, 1.165) is 6.54 Å². The second-order valence-electron chi connectivity index (χ2n) is 4.35. The third kappa shape index (κ3) is 5.70. The van der Waals surface area contributed by atoms with Gasteiger partial charge in [0.1, 0.15) is 6.04 Å². The second kappa shape index (κ2) is 7.22. The molecule has 0 bridgehead atoms. The summed E-state index contributed by atoms with van der Waals surface area (Å²) in [5.74, 6) is -0.624. The van der Waals surface area contributed by atoms with Gasteiger partial charge in [-0.3, -0.25) is 9.59 Å². The molecule has 4 N–H and O–H groups in total. The molecule has 0 heterocycles. The predicted molar refractivity (Wildman–Crippen MR) is 63.7 cm³/mol. The Labute approximate surface area is 97.2 Å². The van der Waals surface area contributed by atoms with Crippen LogP contribution >= 0.6 is 0 Å². The molecule has 5 heteroatoms. The van der Waals surface area contributed by atoms with Crippen molar-refractivity contribution < 1.29 is 9.59 Å². The monoisotopic (exact) mass is 229 g/mol. The van der Waals surface area contributed by atoms with Crippen molar-refractivity contribution in [2.45, 2.75) is 46.2 Å². The van der Waals surface area contributed by atoms with Crippen molar-refractivity contribution in [3.05, 3.63) is 0 Å². The van der Waals surface area contributed by atoms with E-state index in [0.29, 0.717) is 6.42 Å². The van der Waals surface area contributed by atoms with Gasteiger partial charge in [0.15, 0.2) is 0 Å². The fourth-order valence-electron chi connectivity index (χ4n) is 1.50. The molecule has 0 rings (SSSR count). The fraction of sp³-hybridized carbons (Fsp3) is 0.818. The normalized spacial score (nSPS) is 14.6. The summed E-state index contributed by atoms with van der Waals surface area (Å²) in [6.07, 6.45) is 0.352. The SMILES string of the molecule is CCNC(C)CC(=O)NC(C(N)=O)C(C)C. The molecule has 0 aliphatic heterocycles. The molecule has 0 aromatic rings. The van der Waals surface area contributed by atoms with E-state index in [9.17, 15) is 9.59 Å². The van der Waals surface area contributed by atoms with E-state index in [2.05, 4.69) is 10.6 Å². The molecule has 0 aliphatic carbocycles. The van der Waals surface area contributed by atoms with E-state index in [1.165, 1.54) is 0 Å². The highest BCUT2D eigenvalue weighted by Crippen LogP contribution is 2.01. The maximum atomic E-state index is 11.6. The highest BCUT2D eigenvalue weighted by atomic mass is 16.2. The number of hydrogen-bond donors (Lipinski definition) is 3. The van der Waals surface area contributed by atoms with Crippen LogP contribution in [0.4, 0.5) is 0 Å². The van der Waals surface area contributed by atoms with Gasteiger partial charge in [-0.2, -0.15) is 0 Å². The average molecular weight is 229 g/mol. The topological polar surface area (TPSA) is 84.2 Å². The van der Waals surface area contributed by atoms with Crippen LogP contribution in [0.2, 0.25) is 0 Å². The van der Waals surface area contributed by atoms with Crippen LogP contribution in [0.25, 0.3) is 0 Å². The summed E-state index contributed by atoms with van der Waals surface area (Å²) < 4.78 is 0. The van der Waals surface area contributed by atoms with Crippen molar-refractivity contribution in [3.8, 4) is 0 Å². The van der Waals surface area contributed by atoms with E-state index in [1.54, 1.807) is 0 Å². The first-order valence-corrected chi connectivity index (χ1v) is 5.70. The van der Waals surface area contributed by atoms with Crippen molar-refractivity contribution >= 4 is 11.8 Å². The van der Waals surface area contributed by atoms with Crippen LogP contribution in [0.5, 0.6) is 0 Å². The Kier molecular flexibility index (Phi) is 6.72. The Morgan fingerprint density at radius 2 is 1.81 bits per heavy atom. The average Bonchev–Trinajstić information content (AvgIpc) is 2.13. The largest absolute Gasteiger partial charge is 0.368 e. The van der Waals surface area contributed by atoms with Gasteiger partial charge in [0, 0.05) is 12.5 Å². The van der Waals surface area contributed by atoms with Crippen molar-refractivity contribution in [1.29, 1.82) is 0 Å². The maximum absolute atomic E-state index is 11.6. The maximum Gasteiger partial charge on any atom is 0.240 e. The fourth-order valence-corrected chi connectivity index (χ4v) is 1.50. The standard InChI is InChI=1S/C11H23N3O2/c1-5-13-8(4)6-9(15)14-10(7(2)3)11(12)16/h7-8,10,13H,5-6H2,1-4H3,(H2,12,16)(H,14,15). The lowest BCUT2D eigenvalue weighted by Gasteiger charge is -2.20. The molecule has 0 aliphatic rings. The summed E-state index contributed by atoms with van der Waals surface area (Å²) in [7, 11) is 0. The minimum atomic E-state index is -0.582. The van der Waals surface area contributed by atoms with Crippen LogP contribution in [-0.2, 0) is 9.59 Å². The van der Waals surface area contributed by atoms with Gasteiger partial charge >= 0.3 is 0 Å². The molecule has 94 valence electrons. The van der Waals surface area contributed by atoms with Gasteiger partial charge in [-0.1, -0.05) is 20.8 Å². The molecule has 0 spiro atoms. The van der Waals surface area contributed by atoms with Crippen LogP contribution in [0, 0.1) is 5.92 Å². The summed E-state index contributed by atoms with van der Waals surface area (Å²) in [5, 5.41) is 5.78. The summed E-state index contributed by atoms with van der Waals surface area (Å²) in [6.45, 7) is 8.43. The molecular weight excluding hydrogens is 206 g/mol. The summed E-state index contributed by atoms with van der Waals surface area (Å²) in [5.41, 5.74) is 5.21. The predicted octanol–water partition coefficient (Wildman–Crippen LogP) is 0.000600. The second-order valence-corrected chi connectivity index (χ2v) is 4.35. The minimum absolute atomic E-state index is 0.0101. The van der Waals surface area contributed by atoms with Gasteiger partial charge in [0.2, 0.25) is 11.8 Å². The lowest BCUT2D eigenvalue weighted by Crippen LogP contribution is -2.48. The van der Waals surface area contributed by atoms with E-state index in [1.807, 2.05) is 27.7 Å². The van der Waals surface area contributed by atoms with Gasteiger partial charge < -0.3 is 16.4 Å². The zero-order chi connectivity index (χ0) is 12.7. The Balaban J connectivity index is 4.15. The Morgan fingerprint density at radius 1 is 1.25 bits per heavy atom. The van der Waals surface area contributed by atoms with Gasteiger partial charge in [-0.25, -0.2) is 0 Å². The molecule has 0 aromatic heterocycles. The number of hydrogen-bond acceptors (Lipinski definition) is 3. The van der Waals surface area contributed by atoms with Crippen LogP contribution in [0.3, 0.4) is 0 Å². The highest BCUT2D eigenvalue weighted by Gasteiger charge is 2.21. The van der Waals surface area contributed by atoms with Gasteiger partial charge in [0.05, 0.1) is 0 Å². The van der Waals surface area contributed by atoms with Gasteiger partial charge in [-0.15, -0.1) is 0 Å². The highest BCUT2D eigenvalue weighted by molar-refractivity contribution is 5.86. The number of primary amides is 1. The van der Waals surface area contributed by atoms with Crippen LogP contribution in [0.15, 0.2) is 0 Å². The zero-order valence-electron chi connectivity index (χ0n) is 10.5. The number of carbonyl (C=O) groups excluding carboxylic acids is 2. The minimum Gasteiger partial charge on any atom is -0.368 e. The number of rotatable bonds is 7. The summed E-state index contributed by atoms with van der Waals surface area (Å²) in [4.78, 5) is 22.7. The number of carbonyl (C=O) groups is 2. The molecule has 0 saturated heterocycles. The molecule has 5 nitrogen and oxygen atoms in total. The van der Waals surface area contributed by atoms with Crippen LogP contribution in [0.1, 0.15) is 34.1 Å². The smallest absolute Gasteiger partial charge is 0.240 e. The van der Waals surface area contributed by atoms with Crippen molar-refractivity contribution in [2.24, 2.45) is 11.7 Å². The first-order chi connectivity index (χ1) is 7.38. The molecule has 0 radical (unpaired) electrons. The Hall–Kier alpha value is -1.10. The molecule has 2 atom stereocenters. The summed E-state index contributed by atoms with van der Waals surface area (Å²) in [6, 6.07) is -0.480. The third-order valence-corrected chi connectivity index (χ3v) is 2.33. The molecule has 16 heavy (non-hydrogen) atoms. The Morgan fingerprint density at radius 3 is 2.19 bits per heavy atom. The lowest BCUT2D eigenvalue weighted by atomic mass is 10.0. The van der Waals surface area contributed by atoms with Gasteiger partial charge in [-0.05, 0) is 19.4 Å². The van der Waals surface area contributed by atoms with Crippen molar-refractivity contribution in [2.75, 3.05) is 6.54 Å². The number of nitrogens with two attached hydrogens (primary N) is 1. The Bertz CT molecular complexity index is 241. The molecule has 0 saturated carbocycles. The number of nitrogens with one attached hydrogen (secondary N) is 2. The third-order valence-electron chi connectivity index (χ3n) is 2.33. The number of amides is 2. The van der Waals surface area contributed by atoms with Gasteiger partial charge in [0.25, 0.3) is 0 Å². The molecule has 0 aromatic carbocycles. The summed E-state index contributed by atoms with van der Waals surface area (Å²) >= 11 is 0. The lowest BCUT2D eigenvalue weighted by molar-refractivity contribution is -0.128. The van der Waals surface area contributed by atoms with E-state index < -0.39 is 11.9 Å². The molecule has 0 fully saturated rings. The van der Waals surface area contributed by atoms with Crippen LogP contribution < -0.4 is 16.4 Å². The quantitative estimate of drug-likeness (QED) is 0.574. The molecule has 2 amide bonds. The first-order valence-electron chi connectivity index (χ1n) is 5.70.